The zero-order valence-corrected chi connectivity index (χ0v) is 8.45. The van der Waals surface area contributed by atoms with Gasteiger partial charge in [0.15, 0.2) is 0 Å². The van der Waals surface area contributed by atoms with Crippen LogP contribution in [0.15, 0.2) is 0 Å². The van der Waals surface area contributed by atoms with Crippen molar-refractivity contribution in [2.24, 2.45) is 5.41 Å². The lowest BCUT2D eigenvalue weighted by molar-refractivity contribution is -0.150. The second kappa shape index (κ2) is 3.86. The molecule has 0 saturated carbocycles. The minimum Gasteiger partial charge on any atom is -0.481 e. The Morgan fingerprint density at radius 2 is 2.14 bits per heavy atom. The van der Waals surface area contributed by atoms with E-state index in [1.807, 2.05) is 0 Å². The standard InChI is InChI=1S/C9H15NO4/c1-9(7(11)12)4-3-5-10(6-9)8(13)14-2/h3-6H2,1-2H3,(H,11,12). The molecule has 0 radical (unpaired) electrons. The van der Waals surface area contributed by atoms with E-state index in [-0.39, 0.29) is 6.54 Å². The third-order valence-electron chi connectivity index (χ3n) is 2.65. The van der Waals surface area contributed by atoms with Crippen molar-refractivity contribution in [2.75, 3.05) is 20.2 Å². The van der Waals surface area contributed by atoms with E-state index in [1.165, 1.54) is 12.0 Å². The van der Waals surface area contributed by atoms with E-state index in [0.29, 0.717) is 19.4 Å². The van der Waals surface area contributed by atoms with Crippen molar-refractivity contribution < 1.29 is 19.4 Å². The van der Waals surface area contributed by atoms with Gasteiger partial charge in [-0.15, -0.1) is 0 Å². The minimum absolute atomic E-state index is 0.231. The zero-order valence-electron chi connectivity index (χ0n) is 8.45. The molecule has 1 rings (SSSR count). The maximum Gasteiger partial charge on any atom is 0.409 e. The van der Waals surface area contributed by atoms with Gasteiger partial charge in [0.2, 0.25) is 0 Å². The zero-order chi connectivity index (χ0) is 10.8. The SMILES string of the molecule is COC(=O)N1CCCC(C)(C(=O)O)C1. The summed E-state index contributed by atoms with van der Waals surface area (Å²) in [6, 6.07) is 0. The number of rotatable bonds is 1. The van der Waals surface area contributed by atoms with E-state index in [1.54, 1.807) is 6.92 Å². The van der Waals surface area contributed by atoms with Crippen LogP contribution in [0.4, 0.5) is 4.79 Å². The molecule has 1 amide bonds. The summed E-state index contributed by atoms with van der Waals surface area (Å²) in [5, 5.41) is 8.99. The minimum atomic E-state index is -0.855. The van der Waals surface area contributed by atoms with Gasteiger partial charge in [-0.25, -0.2) is 4.79 Å². The smallest absolute Gasteiger partial charge is 0.409 e. The highest BCUT2D eigenvalue weighted by atomic mass is 16.5. The van der Waals surface area contributed by atoms with Crippen LogP contribution in [0.3, 0.4) is 0 Å². The summed E-state index contributed by atoms with van der Waals surface area (Å²) < 4.78 is 4.56. The number of carbonyl (C=O) groups is 2. The van der Waals surface area contributed by atoms with Crippen molar-refractivity contribution in [3.8, 4) is 0 Å². The number of aliphatic carboxylic acids is 1. The van der Waals surface area contributed by atoms with Gasteiger partial charge in [-0.1, -0.05) is 0 Å². The Bertz CT molecular complexity index is 253. The first-order valence-corrected chi connectivity index (χ1v) is 4.56. The summed E-state index contributed by atoms with van der Waals surface area (Å²) in [5.74, 6) is -0.855. The second-order valence-corrected chi connectivity index (χ2v) is 3.86. The van der Waals surface area contributed by atoms with Crippen LogP contribution in [0, 0.1) is 5.41 Å². The lowest BCUT2D eigenvalue weighted by Gasteiger charge is -2.36. The van der Waals surface area contributed by atoms with E-state index in [9.17, 15) is 9.59 Å². The van der Waals surface area contributed by atoms with Crippen LogP contribution in [0.1, 0.15) is 19.8 Å². The quantitative estimate of drug-likeness (QED) is 0.685. The molecule has 1 saturated heterocycles. The Morgan fingerprint density at radius 1 is 1.50 bits per heavy atom. The third-order valence-corrected chi connectivity index (χ3v) is 2.65. The molecule has 5 heteroatoms. The summed E-state index contributed by atoms with van der Waals surface area (Å²) in [6.07, 6.45) is 0.866. The molecule has 5 nitrogen and oxygen atoms in total. The van der Waals surface area contributed by atoms with Crippen molar-refractivity contribution in [1.82, 2.24) is 4.90 Å². The highest BCUT2D eigenvalue weighted by Gasteiger charge is 2.39. The number of piperidine rings is 1. The number of amides is 1. The first kappa shape index (κ1) is 10.8. The Kier molecular flexibility index (Phi) is 2.98. The number of likely N-dealkylation sites (tertiary alicyclic amines) is 1. The van der Waals surface area contributed by atoms with Crippen LogP contribution in [-0.4, -0.2) is 42.3 Å². The largest absolute Gasteiger partial charge is 0.481 e. The predicted octanol–water partition coefficient (Wildman–Crippen LogP) is 0.940. The fourth-order valence-electron chi connectivity index (χ4n) is 1.70. The van der Waals surface area contributed by atoms with Crippen molar-refractivity contribution in [2.45, 2.75) is 19.8 Å². The highest BCUT2D eigenvalue weighted by Crippen LogP contribution is 2.29. The van der Waals surface area contributed by atoms with Crippen LogP contribution < -0.4 is 0 Å². The molecule has 1 fully saturated rings. The van der Waals surface area contributed by atoms with Crippen LogP contribution in [0.25, 0.3) is 0 Å². The molecule has 0 aromatic heterocycles. The molecule has 1 aliphatic rings. The summed E-state index contributed by atoms with van der Waals surface area (Å²) in [4.78, 5) is 23.6. The van der Waals surface area contributed by atoms with E-state index >= 15 is 0 Å². The van der Waals surface area contributed by atoms with E-state index in [0.717, 1.165) is 0 Å². The fourth-order valence-corrected chi connectivity index (χ4v) is 1.70. The highest BCUT2D eigenvalue weighted by molar-refractivity contribution is 5.76. The van der Waals surface area contributed by atoms with Crippen molar-refractivity contribution in [3.05, 3.63) is 0 Å². The topological polar surface area (TPSA) is 66.8 Å². The summed E-state index contributed by atoms with van der Waals surface area (Å²) in [7, 11) is 1.30. The van der Waals surface area contributed by atoms with E-state index in [4.69, 9.17) is 5.11 Å². The fraction of sp³-hybridized carbons (Fsp3) is 0.778. The molecule has 0 aromatic rings. The lowest BCUT2D eigenvalue weighted by Crippen LogP contribution is -2.48. The Morgan fingerprint density at radius 3 is 2.64 bits per heavy atom. The summed E-state index contributed by atoms with van der Waals surface area (Å²) >= 11 is 0. The Labute approximate surface area is 82.6 Å². The molecule has 14 heavy (non-hydrogen) atoms. The molecule has 0 aliphatic carbocycles. The molecule has 0 spiro atoms. The monoisotopic (exact) mass is 201 g/mol. The van der Waals surface area contributed by atoms with Gasteiger partial charge in [-0.3, -0.25) is 4.79 Å². The van der Waals surface area contributed by atoms with Crippen LogP contribution in [0.5, 0.6) is 0 Å². The molecule has 1 atom stereocenters. The molecule has 1 N–H and O–H groups in total. The van der Waals surface area contributed by atoms with E-state index < -0.39 is 17.5 Å². The number of hydrogen-bond acceptors (Lipinski definition) is 3. The number of hydrogen-bond donors (Lipinski definition) is 1. The third kappa shape index (κ3) is 1.97. The average Bonchev–Trinajstić information content (AvgIpc) is 2.16. The Hall–Kier alpha value is -1.26. The number of carbonyl (C=O) groups excluding carboxylic acids is 1. The number of ether oxygens (including phenoxy) is 1. The number of carboxylic acid groups (broad SMARTS) is 1. The predicted molar refractivity (Wildman–Crippen MR) is 49.0 cm³/mol. The van der Waals surface area contributed by atoms with Crippen molar-refractivity contribution >= 4 is 12.1 Å². The molecule has 0 bridgehead atoms. The number of carboxylic acids is 1. The molecule has 0 aromatic carbocycles. The molecular weight excluding hydrogens is 186 g/mol. The molecule has 1 unspecified atom stereocenters. The Balaban J connectivity index is 2.69. The lowest BCUT2D eigenvalue weighted by atomic mass is 9.82. The van der Waals surface area contributed by atoms with E-state index in [2.05, 4.69) is 4.74 Å². The van der Waals surface area contributed by atoms with Gasteiger partial charge in [0.25, 0.3) is 0 Å². The molecule has 1 aliphatic heterocycles. The summed E-state index contributed by atoms with van der Waals surface area (Å²) in [6.45, 7) is 2.47. The van der Waals surface area contributed by atoms with Crippen LogP contribution in [0.2, 0.25) is 0 Å². The molecule has 1 heterocycles. The van der Waals surface area contributed by atoms with Gasteiger partial charge >= 0.3 is 12.1 Å². The number of nitrogens with zero attached hydrogens (tertiary/aromatic N) is 1. The number of methoxy groups -OCH3 is 1. The normalized spacial score (nSPS) is 27.1. The summed E-state index contributed by atoms with van der Waals surface area (Å²) in [5.41, 5.74) is -0.827. The van der Waals surface area contributed by atoms with Gasteiger partial charge in [0.05, 0.1) is 12.5 Å². The van der Waals surface area contributed by atoms with Gasteiger partial charge < -0.3 is 14.7 Å². The molecular formula is C9H15NO4. The average molecular weight is 201 g/mol. The maximum absolute atomic E-state index is 11.2. The van der Waals surface area contributed by atoms with Gasteiger partial charge in [0, 0.05) is 13.1 Å². The second-order valence-electron chi connectivity index (χ2n) is 3.86. The first-order chi connectivity index (χ1) is 6.49. The van der Waals surface area contributed by atoms with Crippen molar-refractivity contribution in [1.29, 1.82) is 0 Å². The van der Waals surface area contributed by atoms with Gasteiger partial charge in [-0.05, 0) is 19.8 Å². The maximum atomic E-state index is 11.2. The van der Waals surface area contributed by atoms with Gasteiger partial charge in [0.1, 0.15) is 0 Å². The van der Waals surface area contributed by atoms with Crippen LogP contribution >= 0.6 is 0 Å². The van der Waals surface area contributed by atoms with Crippen LogP contribution in [-0.2, 0) is 9.53 Å². The van der Waals surface area contributed by atoms with Gasteiger partial charge in [-0.2, -0.15) is 0 Å². The first-order valence-electron chi connectivity index (χ1n) is 4.56. The van der Waals surface area contributed by atoms with Crippen molar-refractivity contribution in [3.63, 3.8) is 0 Å². The molecule has 80 valence electrons.